The Kier molecular flexibility index (Phi) is 4.40. The molecule has 1 saturated heterocycles. The number of likely N-dealkylation sites (N-methyl/N-ethyl adjacent to an activating group) is 2. The Labute approximate surface area is 127 Å². The number of hydrogen-bond donors (Lipinski definition) is 1. The van der Waals surface area contributed by atoms with Gasteiger partial charge in [0.25, 0.3) is 0 Å². The molecule has 21 heavy (non-hydrogen) atoms. The number of fused-ring (bicyclic) bond motifs is 1. The first-order valence-corrected chi connectivity index (χ1v) is 8.12. The third-order valence-electron chi connectivity index (χ3n) is 4.86. The van der Waals surface area contributed by atoms with Crippen molar-refractivity contribution in [1.82, 2.24) is 19.8 Å². The Morgan fingerprint density at radius 1 is 1.14 bits per heavy atom. The number of nitrogens with zero attached hydrogens (tertiary/aromatic N) is 4. The summed E-state index contributed by atoms with van der Waals surface area (Å²) in [5, 5.41) is 3.28. The van der Waals surface area contributed by atoms with E-state index in [1.54, 1.807) is 0 Å². The first kappa shape index (κ1) is 14.7. The fraction of sp³-hybridized carbons (Fsp3) is 0.750. The maximum absolute atomic E-state index is 4.88. The molecule has 116 valence electrons. The predicted octanol–water partition coefficient (Wildman–Crippen LogP) is 1.19. The first-order valence-electron chi connectivity index (χ1n) is 8.12. The summed E-state index contributed by atoms with van der Waals surface area (Å²) in [6.07, 6.45) is 5.71. The third-order valence-corrected chi connectivity index (χ3v) is 4.86. The van der Waals surface area contributed by atoms with Gasteiger partial charge in [0.1, 0.15) is 11.6 Å². The lowest BCUT2D eigenvalue weighted by atomic mass is 9.96. The van der Waals surface area contributed by atoms with Crippen LogP contribution in [0.4, 0.5) is 5.82 Å². The van der Waals surface area contributed by atoms with Crippen LogP contribution in [-0.2, 0) is 19.3 Å². The van der Waals surface area contributed by atoms with E-state index in [9.17, 15) is 0 Å². The van der Waals surface area contributed by atoms with E-state index < -0.39 is 0 Å². The fourth-order valence-corrected chi connectivity index (χ4v) is 3.48. The molecule has 1 aromatic rings. The predicted molar refractivity (Wildman–Crippen MR) is 85.8 cm³/mol. The Morgan fingerprint density at radius 3 is 2.76 bits per heavy atom. The normalized spacial score (nSPS) is 23.9. The average molecular weight is 289 g/mol. The monoisotopic (exact) mass is 289 g/mol. The minimum Gasteiger partial charge on any atom is -0.373 e. The Bertz CT molecular complexity index is 484. The van der Waals surface area contributed by atoms with E-state index in [1.165, 1.54) is 24.1 Å². The summed E-state index contributed by atoms with van der Waals surface area (Å²) < 4.78 is 0. The zero-order valence-corrected chi connectivity index (χ0v) is 13.5. The van der Waals surface area contributed by atoms with Crippen molar-refractivity contribution in [2.24, 2.45) is 0 Å². The van der Waals surface area contributed by atoms with Crippen LogP contribution in [-0.4, -0.2) is 66.6 Å². The molecule has 1 aliphatic carbocycles. The standard InChI is InChI=1S/C16H27N5/c1-17-16-13-6-4-5-7-14(13)18-15(19-16)10-12-11-20(2)8-9-21(12)3/h12H,4-11H2,1-3H3,(H,17,18,19). The van der Waals surface area contributed by atoms with Crippen molar-refractivity contribution in [3.63, 3.8) is 0 Å². The van der Waals surface area contributed by atoms with Crippen molar-refractivity contribution in [1.29, 1.82) is 0 Å². The maximum Gasteiger partial charge on any atom is 0.132 e. The molecule has 3 rings (SSSR count). The lowest BCUT2D eigenvalue weighted by molar-refractivity contribution is 0.113. The van der Waals surface area contributed by atoms with Crippen LogP contribution >= 0.6 is 0 Å². The third kappa shape index (κ3) is 3.19. The van der Waals surface area contributed by atoms with Crippen LogP contribution in [0, 0.1) is 0 Å². The molecule has 1 atom stereocenters. The Morgan fingerprint density at radius 2 is 1.95 bits per heavy atom. The van der Waals surface area contributed by atoms with Crippen molar-refractivity contribution in [3.8, 4) is 0 Å². The summed E-state index contributed by atoms with van der Waals surface area (Å²) in [6, 6.07) is 0.523. The number of aromatic nitrogens is 2. The average Bonchev–Trinajstić information content (AvgIpc) is 2.50. The summed E-state index contributed by atoms with van der Waals surface area (Å²) in [4.78, 5) is 14.5. The summed E-state index contributed by atoms with van der Waals surface area (Å²) in [7, 11) is 6.39. The van der Waals surface area contributed by atoms with E-state index in [1.807, 2.05) is 7.05 Å². The minimum absolute atomic E-state index is 0.523. The highest BCUT2D eigenvalue weighted by molar-refractivity contribution is 5.47. The van der Waals surface area contributed by atoms with Crippen LogP contribution in [0.5, 0.6) is 0 Å². The topological polar surface area (TPSA) is 44.3 Å². The summed E-state index contributed by atoms with van der Waals surface area (Å²) >= 11 is 0. The second-order valence-electron chi connectivity index (χ2n) is 6.47. The first-order chi connectivity index (χ1) is 10.2. The van der Waals surface area contributed by atoms with Gasteiger partial charge in [-0.25, -0.2) is 9.97 Å². The largest absolute Gasteiger partial charge is 0.373 e. The zero-order chi connectivity index (χ0) is 14.8. The summed E-state index contributed by atoms with van der Waals surface area (Å²) in [5.41, 5.74) is 2.63. The number of piperazine rings is 1. The molecule has 1 aliphatic heterocycles. The van der Waals surface area contributed by atoms with E-state index in [4.69, 9.17) is 9.97 Å². The molecule has 0 spiro atoms. The van der Waals surface area contributed by atoms with Crippen LogP contribution in [0.1, 0.15) is 29.9 Å². The minimum atomic E-state index is 0.523. The van der Waals surface area contributed by atoms with Crippen molar-refractivity contribution in [2.75, 3.05) is 46.1 Å². The van der Waals surface area contributed by atoms with Crippen LogP contribution < -0.4 is 5.32 Å². The number of nitrogens with one attached hydrogen (secondary N) is 1. The highest BCUT2D eigenvalue weighted by Crippen LogP contribution is 2.25. The number of aryl methyl sites for hydroxylation is 1. The smallest absolute Gasteiger partial charge is 0.132 e. The molecular formula is C16H27N5. The van der Waals surface area contributed by atoms with Crippen LogP contribution in [0.25, 0.3) is 0 Å². The van der Waals surface area contributed by atoms with E-state index in [0.29, 0.717) is 6.04 Å². The molecule has 0 saturated carbocycles. The molecule has 0 amide bonds. The van der Waals surface area contributed by atoms with Gasteiger partial charge in [-0.05, 0) is 39.8 Å². The quantitative estimate of drug-likeness (QED) is 0.905. The van der Waals surface area contributed by atoms with Gasteiger partial charge in [0.15, 0.2) is 0 Å². The van der Waals surface area contributed by atoms with Gasteiger partial charge in [-0.3, -0.25) is 0 Å². The number of anilines is 1. The van der Waals surface area contributed by atoms with Gasteiger partial charge in [-0.15, -0.1) is 0 Å². The fourth-order valence-electron chi connectivity index (χ4n) is 3.48. The molecule has 1 N–H and O–H groups in total. The Balaban J connectivity index is 1.81. The molecule has 0 aromatic carbocycles. The number of rotatable bonds is 3. The summed E-state index contributed by atoms with van der Waals surface area (Å²) in [5.74, 6) is 2.06. The highest BCUT2D eigenvalue weighted by atomic mass is 15.3. The molecule has 0 radical (unpaired) electrons. The van der Waals surface area contributed by atoms with Crippen LogP contribution in [0.15, 0.2) is 0 Å². The Hall–Kier alpha value is -1.20. The molecule has 2 aliphatic rings. The van der Waals surface area contributed by atoms with Crippen molar-refractivity contribution in [3.05, 3.63) is 17.1 Å². The molecule has 5 nitrogen and oxygen atoms in total. The van der Waals surface area contributed by atoms with E-state index in [0.717, 1.165) is 50.5 Å². The van der Waals surface area contributed by atoms with E-state index in [-0.39, 0.29) is 0 Å². The second kappa shape index (κ2) is 6.28. The van der Waals surface area contributed by atoms with E-state index >= 15 is 0 Å². The van der Waals surface area contributed by atoms with Crippen LogP contribution in [0.3, 0.4) is 0 Å². The molecule has 1 aromatic heterocycles. The van der Waals surface area contributed by atoms with Gasteiger partial charge < -0.3 is 15.1 Å². The molecule has 2 heterocycles. The molecule has 0 bridgehead atoms. The van der Waals surface area contributed by atoms with Gasteiger partial charge >= 0.3 is 0 Å². The van der Waals surface area contributed by atoms with Crippen molar-refractivity contribution < 1.29 is 0 Å². The van der Waals surface area contributed by atoms with Gasteiger partial charge in [-0.1, -0.05) is 0 Å². The summed E-state index contributed by atoms with van der Waals surface area (Å²) in [6.45, 7) is 3.39. The highest BCUT2D eigenvalue weighted by Gasteiger charge is 2.25. The zero-order valence-electron chi connectivity index (χ0n) is 13.5. The molecular weight excluding hydrogens is 262 g/mol. The van der Waals surface area contributed by atoms with Gasteiger partial charge in [0, 0.05) is 50.4 Å². The SMILES string of the molecule is CNc1nc(CC2CN(C)CCN2C)nc2c1CCCC2. The van der Waals surface area contributed by atoms with Crippen LogP contribution in [0.2, 0.25) is 0 Å². The van der Waals surface area contributed by atoms with Gasteiger partial charge in [0.2, 0.25) is 0 Å². The molecule has 1 fully saturated rings. The maximum atomic E-state index is 4.88. The van der Waals surface area contributed by atoms with Gasteiger partial charge in [-0.2, -0.15) is 0 Å². The molecule has 1 unspecified atom stereocenters. The second-order valence-corrected chi connectivity index (χ2v) is 6.47. The molecule has 5 heteroatoms. The van der Waals surface area contributed by atoms with Gasteiger partial charge in [0.05, 0.1) is 0 Å². The number of hydrogen-bond acceptors (Lipinski definition) is 5. The van der Waals surface area contributed by atoms with Crippen molar-refractivity contribution >= 4 is 5.82 Å². The van der Waals surface area contributed by atoms with Crippen molar-refractivity contribution in [2.45, 2.75) is 38.1 Å². The van der Waals surface area contributed by atoms with E-state index in [2.05, 4.69) is 29.2 Å². The lowest BCUT2D eigenvalue weighted by Gasteiger charge is -2.37. The lowest BCUT2D eigenvalue weighted by Crippen LogP contribution is -2.51.